The van der Waals surface area contributed by atoms with E-state index in [1.807, 2.05) is 7.05 Å². The summed E-state index contributed by atoms with van der Waals surface area (Å²) >= 11 is 0. The second-order valence-corrected chi connectivity index (χ2v) is 2.83. The topological polar surface area (TPSA) is 21.3 Å². The first-order valence-corrected chi connectivity index (χ1v) is 3.57. The molecule has 2 heteroatoms. The quantitative estimate of drug-likeness (QED) is 0.598. The zero-order chi connectivity index (χ0) is 6.69. The van der Waals surface area contributed by atoms with Gasteiger partial charge >= 0.3 is 0 Å². The monoisotopic (exact) mass is 129 g/mol. The molecule has 0 spiro atoms. The van der Waals surface area contributed by atoms with E-state index in [9.17, 15) is 0 Å². The van der Waals surface area contributed by atoms with Crippen LogP contribution >= 0.6 is 0 Å². The van der Waals surface area contributed by atoms with Crippen LogP contribution in [0, 0.1) is 11.8 Å². The number of rotatable bonds is 3. The first-order chi connectivity index (χ1) is 4.34. The molecule has 0 radical (unpaired) electrons. The van der Waals surface area contributed by atoms with Crippen LogP contribution in [-0.2, 0) is 4.74 Å². The largest absolute Gasteiger partial charge is 0.381 e. The predicted molar refractivity (Wildman–Crippen MR) is 37.4 cm³/mol. The average Bonchev–Trinajstić information content (AvgIpc) is 1.60. The van der Waals surface area contributed by atoms with Crippen molar-refractivity contribution < 1.29 is 4.74 Å². The molecule has 1 rings (SSSR count). The summed E-state index contributed by atoms with van der Waals surface area (Å²) in [6.07, 6.45) is 0. The van der Waals surface area contributed by atoms with Gasteiger partial charge in [-0.1, -0.05) is 6.92 Å². The predicted octanol–water partition coefficient (Wildman–Crippen LogP) is 0.488. The number of nitrogens with one attached hydrogen (secondary N) is 1. The molecule has 1 unspecified atom stereocenters. The first-order valence-electron chi connectivity index (χ1n) is 3.57. The van der Waals surface area contributed by atoms with Crippen molar-refractivity contribution in [2.24, 2.45) is 11.8 Å². The molecule has 9 heavy (non-hydrogen) atoms. The summed E-state index contributed by atoms with van der Waals surface area (Å²) in [5.74, 6) is 1.60. The van der Waals surface area contributed by atoms with Crippen LogP contribution in [0.5, 0.6) is 0 Å². The van der Waals surface area contributed by atoms with Crippen LogP contribution in [0.3, 0.4) is 0 Å². The summed E-state index contributed by atoms with van der Waals surface area (Å²) in [6.45, 7) is 5.34. The smallest absolute Gasteiger partial charge is 0.0519 e. The van der Waals surface area contributed by atoms with Crippen molar-refractivity contribution in [3.63, 3.8) is 0 Å². The van der Waals surface area contributed by atoms with Crippen LogP contribution in [-0.4, -0.2) is 26.8 Å². The van der Waals surface area contributed by atoms with Gasteiger partial charge in [-0.2, -0.15) is 0 Å². The average molecular weight is 129 g/mol. The Labute approximate surface area is 56.6 Å². The van der Waals surface area contributed by atoms with Crippen molar-refractivity contribution in [1.29, 1.82) is 0 Å². The molecule has 0 aromatic heterocycles. The van der Waals surface area contributed by atoms with Gasteiger partial charge in [-0.25, -0.2) is 0 Å². The van der Waals surface area contributed by atoms with E-state index in [4.69, 9.17) is 4.74 Å². The van der Waals surface area contributed by atoms with Gasteiger partial charge in [0.15, 0.2) is 0 Å². The highest BCUT2D eigenvalue weighted by Gasteiger charge is 2.23. The van der Waals surface area contributed by atoms with Crippen molar-refractivity contribution >= 4 is 0 Å². The Morgan fingerprint density at radius 3 is 2.67 bits per heavy atom. The van der Waals surface area contributed by atoms with Gasteiger partial charge in [-0.3, -0.25) is 0 Å². The number of hydrogen-bond acceptors (Lipinski definition) is 2. The second-order valence-electron chi connectivity index (χ2n) is 2.83. The van der Waals surface area contributed by atoms with Gasteiger partial charge in [0.05, 0.1) is 13.2 Å². The maximum absolute atomic E-state index is 5.07. The van der Waals surface area contributed by atoms with Crippen molar-refractivity contribution in [3.05, 3.63) is 0 Å². The van der Waals surface area contributed by atoms with Gasteiger partial charge in [0, 0.05) is 5.92 Å². The minimum absolute atomic E-state index is 0.781. The molecular weight excluding hydrogens is 114 g/mol. The summed E-state index contributed by atoms with van der Waals surface area (Å²) in [4.78, 5) is 0. The van der Waals surface area contributed by atoms with Gasteiger partial charge in [0.1, 0.15) is 0 Å². The lowest BCUT2D eigenvalue weighted by atomic mass is 9.93. The van der Waals surface area contributed by atoms with E-state index in [0.717, 1.165) is 31.6 Å². The fourth-order valence-electron chi connectivity index (χ4n) is 1.07. The number of ether oxygens (including phenoxy) is 1. The van der Waals surface area contributed by atoms with Crippen molar-refractivity contribution in [2.45, 2.75) is 6.92 Å². The maximum atomic E-state index is 5.07. The highest BCUT2D eigenvalue weighted by atomic mass is 16.5. The minimum atomic E-state index is 0.781. The van der Waals surface area contributed by atoms with Crippen LogP contribution in [0.4, 0.5) is 0 Å². The van der Waals surface area contributed by atoms with E-state index in [2.05, 4.69) is 12.2 Å². The molecule has 1 aliphatic heterocycles. The molecule has 1 fully saturated rings. The Bertz CT molecular complexity index is 81.0. The van der Waals surface area contributed by atoms with E-state index in [1.165, 1.54) is 0 Å². The van der Waals surface area contributed by atoms with Gasteiger partial charge < -0.3 is 10.1 Å². The highest BCUT2D eigenvalue weighted by Crippen LogP contribution is 2.18. The van der Waals surface area contributed by atoms with Gasteiger partial charge in [-0.05, 0) is 19.5 Å². The van der Waals surface area contributed by atoms with Crippen LogP contribution in [0.25, 0.3) is 0 Å². The fraction of sp³-hybridized carbons (Fsp3) is 1.00. The van der Waals surface area contributed by atoms with E-state index >= 15 is 0 Å². The van der Waals surface area contributed by atoms with E-state index in [0.29, 0.717) is 0 Å². The molecule has 0 aliphatic carbocycles. The first kappa shape index (κ1) is 7.03. The van der Waals surface area contributed by atoms with Crippen LogP contribution in [0.1, 0.15) is 6.92 Å². The van der Waals surface area contributed by atoms with Crippen LogP contribution < -0.4 is 5.32 Å². The summed E-state index contributed by atoms with van der Waals surface area (Å²) in [5.41, 5.74) is 0. The molecule has 0 bridgehead atoms. The Kier molecular flexibility index (Phi) is 2.49. The SMILES string of the molecule is CNCC(C)C1COC1. The maximum Gasteiger partial charge on any atom is 0.0519 e. The molecule has 1 saturated heterocycles. The Hall–Kier alpha value is -0.0800. The van der Waals surface area contributed by atoms with E-state index < -0.39 is 0 Å². The second kappa shape index (κ2) is 3.18. The Balaban J connectivity index is 2.08. The van der Waals surface area contributed by atoms with Gasteiger partial charge in [0.2, 0.25) is 0 Å². The lowest BCUT2D eigenvalue weighted by molar-refractivity contribution is -0.0562. The highest BCUT2D eigenvalue weighted by molar-refractivity contribution is 4.72. The fourth-order valence-corrected chi connectivity index (χ4v) is 1.07. The van der Waals surface area contributed by atoms with Crippen molar-refractivity contribution in [3.8, 4) is 0 Å². The molecule has 0 amide bonds. The summed E-state index contributed by atoms with van der Waals surface area (Å²) in [5, 5.41) is 3.16. The minimum Gasteiger partial charge on any atom is -0.381 e. The molecule has 1 heterocycles. The summed E-state index contributed by atoms with van der Waals surface area (Å²) in [6, 6.07) is 0. The molecule has 54 valence electrons. The lowest BCUT2D eigenvalue weighted by Crippen LogP contribution is -2.37. The molecule has 0 saturated carbocycles. The molecule has 2 nitrogen and oxygen atoms in total. The zero-order valence-electron chi connectivity index (χ0n) is 6.18. The Morgan fingerprint density at radius 2 is 2.33 bits per heavy atom. The zero-order valence-corrected chi connectivity index (χ0v) is 6.18. The van der Waals surface area contributed by atoms with E-state index in [-0.39, 0.29) is 0 Å². The summed E-state index contributed by atoms with van der Waals surface area (Å²) < 4.78 is 5.07. The molecule has 0 aromatic carbocycles. The molecule has 1 atom stereocenters. The third-order valence-corrected chi connectivity index (χ3v) is 1.99. The number of hydrogen-bond donors (Lipinski definition) is 1. The van der Waals surface area contributed by atoms with Crippen molar-refractivity contribution in [1.82, 2.24) is 5.32 Å². The normalized spacial score (nSPS) is 23.3. The van der Waals surface area contributed by atoms with Crippen LogP contribution in [0.15, 0.2) is 0 Å². The molecular formula is C7H15NO. The van der Waals surface area contributed by atoms with Crippen LogP contribution in [0.2, 0.25) is 0 Å². The van der Waals surface area contributed by atoms with Crippen molar-refractivity contribution in [2.75, 3.05) is 26.8 Å². The molecule has 0 aromatic rings. The third kappa shape index (κ3) is 1.66. The van der Waals surface area contributed by atoms with E-state index in [1.54, 1.807) is 0 Å². The lowest BCUT2D eigenvalue weighted by Gasteiger charge is -2.31. The molecule has 1 aliphatic rings. The summed E-state index contributed by atoms with van der Waals surface area (Å²) in [7, 11) is 2.00. The Morgan fingerprint density at radius 1 is 1.67 bits per heavy atom. The van der Waals surface area contributed by atoms with Gasteiger partial charge in [-0.15, -0.1) is 0 Å². The standard InChI is InChI=1S/C7H15NO/c1-6(3-8-2)7-4-9-5-7/h6-8H,3-5H2,1-2H3. The third-order valence-electron chi connectivity index (χ3n) is 1.99. The van der Waals surface area contributed by atoms with Gasteiger partial charge in [0.25, 0.3) is 0 Å². The molecule has 1 N–H and O–H groups in total.